The molecule has 0 aliphatic carbocycles. The van der Waals surface area contributed by atoms with Gasteiger partial charge in [-0.25, -0.2) is 0 Å². The molecule has 1 amide bonds. The maximum absolute atomic E-state index is 11.8. The van der Waals surface area contributed by atoms with Gasteiger partial charge < -0.3 is 10.1 Å². The second-order valence-corrected chi connectivity index (χ2v) is 6.41. The number of Topliss-reactive ketones (excluding diaryl/α,β-unsaturated/α-hetero) is 1. The number of rotatable bonds is 8. The molecule has 26 heavy (non-hydrogen) atoms. The maximum atomic E-state index is 11.8. The zero-order valence-corrected chi connectivity index (χ0v) is 14.8. The molecular weight excluding hydrogens is 384 g/mol. The first kappa shape index (κ1) is 19.5. The minimum absolute atomic E-state index is 0.0271. The van der Waals surface area contributed by atoms with Gasteiger partial charge in [0.1, 0.15) is 5.69 Å². The number of esters is 1. The Labute approximate surface area is 156 Å². The lowest BCUT2D eigenvalue weighted by molar-refractivity contribution is -0.383. The van der Waals surface area contributed by atoms with Crippen molar-refractivity contribution in [1.82, 2.24) is 0 Å². The minimum Gasteiger partial charge on any atom is -0.456 e. The number of ether oxygens (including phenoxy) is 1. The second kappa shape index (κ2) is 9.07. The molecule has 0 saturated heterocycles. The third-order valence-electron chi connectivity index (χ3n) is 3.15. The lowest BCUT2D eigenvalue weighted by Crippen LogP contribution is -2.21. The van der Waals surface area contributed by atoms with Crippen LogP contribution in [0.5, 0.6) is 0 Å². The predicted molar refractivity (Wildman–Crippen MR) is 95.6 cm³/mol. The molecule has 0 fully saturated rings. The van der Waals surface area contributed by atoms with E-state index in [1.807, 2.05) is 0 Å². The summed E-state index contributed by atoms with van der Waals surface area (Å²) in [6.07, 6.45) is -0.192. The summed E-state index contributed by atoms with van der Waals surface area (Å²) in [5.41, 5.74) is -0.438. The fourth-order valence-corrected chi connectivity index (χ4v) is 2.81. The van der Waals surface area contributed by atoms with Crippen molar-refractivity contribution in [2.24, 2.45) is 0 Å². The van der Waals surface area contributed by atoms with Crippen molar-refractivity contribution < 1.29 is 24.0 Å². The summed E-state index contributed by atoms with van der Waals surface area (Å²) in [5.74, 6) is -1.66. The van der Waals surface area contributed by atoms with Crippen LogP contribution in [0.25, 0.3) is 0 Å². The summed E-state index contributed by atoms with van der Waals surface area (Å²) in [5, 5.41) is 15.1. The van der Waals surface area contributed by atoms with E-state index >= 15 is 0 Å². The highest BCUT2D eigenvalue weighted by atomic mass is 35.5. The molecule has 0 atom stereocenters. The quantitative estimate of drug-likeness (QED) is 0.316. The van der Waals surface area contributed by atoms with Crippen LogP contribution in [0.15, 0.2) is 35.7 Å². The van der Waals surface area contributed by atoms with Crippen molar-refractivity contribution in [2.75, 3.05) is 11.9 Å². The van der Waals surface area contributed by atoms with E-state index < -0.39 is 23.4 Å². The Morgan fingerprint density at radius 1 is 1.23 bits per heavy atom. The Morgan fingerprint density at radius 2 is 2.00 bits per heavy atom. The van der Waals surface area contributed by atoms with Gasteiger partial charge in [-0.05, 0) is 23.6 Å². The molecule has 2 rings (SSSR count). The maximum Gasteiger partial charge on any atom is 0.306 e. The monoisotopic (exact) mass is 396 g/mol. The average Bonchev–Trinajstić information content (AvgIpc) is 3.12. The molecule has 1 N–H and O–H groups in total. The Morgan fingerprint density at radius 3 is 2.65 bits per heavy atom. The highest BCUT2D eigenvalue weighted by Gasteiger charge is 2.17. The van der Waals surface area contributed by atoms with Crippen LogP contribution in [-0.2, 0) is 14.3 Å². The van der Waals surface area contributed by atoms with Crippen molar-refractivity contribution in [3.8, 4) is 0 Å². The van der Waals surface area contributed by atoms with E-state index in [-0.39, 0.29) is 35.0 Å². The normalized spacial score (nSPS) is 10.2. The van der Waals surface area contributed by atoms with Crippen molar-refractivity contribution in [3.63, 3.8) is 0 Å². The molecule has 8 nitrogen and oxygen atoms in total. The number of hydrogen-bond donors (Lipinski definition) is 1. The number of carbonyl (C=O) groups excluding carboxylic acids is 3. The minimum atomic E-state index is -0.756. The zero-order chi connectivity index (χ0) is 19.1. The number of amides is 1. The van der Waals surface area contributed by atoms with Crippen LogP contribution >= 0.6 is 22.9 Å². The van der Waals surface area contributed by atoms with Gasteiger partial charge in [0.2, 0.25) is 0 Å². The fraction of sp³-hybridized carbons (Fsp3) is 0.188. The highest BCUT2D eigenvalue weighted by molar-refractivity contribution is 7.12. The molecular formula is C16H13ClN2O6S. The standard InChI is InChI=1S/C16H13ClN2O6S/c17-10-3-4-12(19(23)24)11(8-10)18-15(21)9-25-16(22)6-5-13(20)14-2-1-7-26-14/h1-4,7-8H,5-6,9H2,(H,18,21). The lowest BCUT2D eigenvalue weighted by Gasteiger charge is -2.07. The number of nitro benzene ring substituents is 1. The molecule has 0 aliphatic heterocycles. The summed E-state index contributed by atoms with van der Waals surface area (Å²) >= 11 is 7.03. The smallest absolute Gasteiger partial charge is 0.306 e. The molecule has 0 radical (unpaired) electrons. The topological polar surface area (TPSA) is 116 Å². The number of hydrogen-bond acceptors (Lipinski definition) is 7. The number of benzene rings is 1. The molecule has 1 aromatic carbocycles. The third kappa shape index (κ3) is 5.64. The molecule has 0 aliphatic rings. The Hall–Kier alpha value is -2.78. The van der Waals surface area contributed by atoms with Crippen molar-refractivity contribution in [3.05, 3.63) is 55.7 Å². The number of ketones is 1. The van der Waals surface area contributed by atoms with Crippen LogP contribution in [0, 0.1) is 10.1 Å². The van der Waals surface area contributed by atoms with E-state index in [2.05, 4.69) is 5.32 Å². The largest absolute Gasteiger partial charge is 0.456 e. The molecule has 0 bridgehead atoms. The van der Waals surface area contributed by atoms with E-state index in [9.17, 15) is 24.5 Å². The number of thiophene rings is 1. The first-order valence-electron chi connectivity index (χ1n) is 7.33. The summed E-state index contributed by atoms with van der Waals surface area (Å²) in [6.45, 7) is -0.629. The summed E-state index contributed by atoms with van der Waals surface area (Å²) in [4.78, 5) is 46.0. The number of carbonyl (C=O) groups is 3. The van der Waals surface area contributed by atoms with Crippen LogP contribution in [0.1, 0.15) is 22.5 Å². The van der Waals surface area contributed by atoms with E-state index in [0.29, 0.717) is 4.88 Å². The van der Waals surface area contributed by atoms with Crippen LogP contribution in [0.4, 0.5) is 11.4 Å². The number of halogens is 1. The fourth-order valence-electron chi connectivity index (χ4n) is 1.95. The van der Waals surface area contributed by atoms with Crippen LogP contribution < -0.4 is 5.32 Å². The average molecular weight is 397 g/mol. The van der Waals surface area contributed by atoms with Gasteiger partial charge in [0.05, 0.1) is 16.2 Å². The van der Waals surface area contributed by atoms with Gasteiger partial charge in [0, 0.05) is 17.5 Å². The SMILES string of the molecule is O=C(COC(=O)CCC(=O)c1cccs1)Nc1cc(Cl)ccc1[N+](=O)[O-]. The van der Waals surface area contributed by atoms with Gasteiger partial charge in [-0.1, -0.05) is 17.7 Å². The molecule has 2 aromatic rings. The van der Waals surface area contributed by atoms with Gasteiger partial charge in [-0.3, -0.25) is 24.5 Å². The Kier molecular flexibility index (Phi) is 6.81. The van der Waals surface area contributed by atoms with E-state index in [1.165, 1.54) is 23.5 Å². The molecule has 10 heteroatoms. The van der Waals surface area contributed by atoms with Gasteiger partial charge >= 0.3 is 5.97 Å². The summed E-state index contributed by atoms with van der Waals surface area (Å²) < 4.78 is 4.77. The first-order chi connectivity index (χ1) is 12.4. The zero-order valence-electron chi connectivity index (χ0n) is 13.3. The Balaban J connectivity index is 1.81. The summed E-state index contributed by atoms with van der Waals surface area (Å²) in [6, 6.07) is 7.08. The van der Waals surface area contributed by atoms with Crippen molar-refractivity contribution in [1.29, 1.82) is 0 Å². The molecule has 0 saturated carbocycles. The van der Waals surface area contributed by atoms with Crippen molar-refractivity contribution in [2.45, 2.75) is 12.8 Å². The van der Waals surface area contributed by atoms with Gasteiger partial charge in [-0.2, -0.15) is 0 Å². The number of nitro groups is 1. The first-order valence-corrected chi connectivity index (χ1v) is 8.58. The van der Waals surface area contributed by atoms with E-state index in [4.69, 9.17) is 16.3 Å². The van der Waals surface area contributed by atoms with E-state index in [0.717, 1.165) is 6.07 Å². The van der Waals surface area contributed by atoms with Crippen LogP contribution in [-0.4, -0.2) is 29.2 Å². The molecule has 136 valence electrons. The number of nitrogens with one attached hydrogen (secondary N) is 1. The Bertz CT molecular complexity index is 837. The van der Waals surface area contributed by atoms with Crippen molar-refractivity contribution >= 4 is 52.0 Å². The molecule has 1 aromatic heterocycles. The molecule has 0 unspecified atom stereocenters. The lowest BCUT2D eigenvalue weighted by atomic mass is 10.2. The molecule has 1 heterocycles. The van der Waals surface area contributed by atoms with E-state index in [1.54, 1.807) is 17.5 Å². The summed E-state index contributed by atoms with van der Waals surface area (Å²) in [7, 11) is 0. The van der Waals surface area contributed by atoms with Gasteiger partial charge in [0.15, 0.2) is 12.4 Å². The van der Waals surface area contributed by atoms with Crippen LogP contribution in [0.3, 0.4) is 0 Å². The van der Waals surface area contributed by atoms with Crippen LogP contribution in [0.2, 0.25) is 5.02 Å². The predicted octanol–water partition coefficient (Wildman–Crippen LogP) is 3.45. The second-order valence-electron chi connectivity index (χ2n) is 5.03. The van der Waals surface area contributed by atoms with Gasteiger partial charge in [0.25, 0.3) is 11.6 Å². The molecule has 0 spiro atoms. The number of anilines is 1. The third-order valence-corrected chi connectivity index (χ3v) is 4.29. The number of nitrogens with zero attached hydrogens (tertiary/aromatic N) is 1. The highest BCUT2D eigenvalue weighted by Crippen LogP contribution is 2.27. The van der Waals surface area contributed by atoms with Gasteiger partial charge in [-0.15, -0.1) is 11.3 Å².